The SMILES string of the molecule is CCc1cc(C(=O)NCc2nc(-c3ccccc3NC(=O)CCOc3ccccc3)oc2C)n(C)n1. The van der Waals surface area contributed by atoms with Crippen LogP contribution in [0.5, 0.6) is 5.75 Å². The van der Waals surface area contributed by atoms with Crippen LogP contribution in [0.4, 0.5) is 5.69 Å². The van der Waals surface area contributed by atoms with Crippen molar-refractivity contribution in [2.24, 2.45) is 7.05 Å². The zero-order valence-corrected chi connectivity index (χ0v) is 20.6. The lowest BCUT2D eigenvalue weighted by Gasteiger charge is -2.09. The molecule has 2 aromatic heterocycles. The van der Waals surface area contributed by atoms with Gasteiger partial charge < -0.3 is 19.8 Å². The Labute approximate surface area is 209 Å². The first-order valence-electron chi connectivity index (χ1n) is 11.8. The third kappa shape index (κ3) is 5.99. The molecule has 0 unspecified atom stereocenters. The number of nitrogens with zero attached hydrogens (tertiary/aromatic N) is 3. The Morgan fingerprint density at radius 3 is 2.58 bits per heavy atom. The molecular weight excluding hydrogens is 458 g/mol. The maximum absolute atomic E-state index is 12.6. The molecule has 2 heterocycles. The predicted molar refractivity (Wildman–Crippen MR) is 136 cm³/mol. The smallest absolute Gasteiger partial charge is 0.269 e. The van der Waals surface area contributed by atoms with Crippen molar-refractivity contribution in [2.75, 3.05) is 11.9 Å². The van der Waals surface area contributed by atoms with Gasteiger partial charge in [0.15, 0.2) is 0 Å². The van der Waals surface area contributed by atoms with Crippen LogP contribution in [-0.2, 0) is 24.8 Å². The summed E-state index contributed by atoms with van der Waals surface area (Å²) >= 11 is 0. The number of ether oxygens (including phenoxy) is 1. The van der Waals surface area contributed by atoms with Crippen molar-refractivity contribution in [2.45, 2.75) is 33.2 Å². The van der Waals surface area contributed by atoms with Crippen LogP contribution in [0.15, 0.2) is 65.1 Å². The zero-order valence-electron chi connectivity index (χ0n) is 20.6. The maximum atomic E-state index is 12.6. The van der Waals surface area contributed by atoms with E-state index in [9.17, 15) is 9.59 Å². The van der Waals surface area contributed by atoms with Gasteiger partial charge >= 0.3 is 0 Å². The summed E-state index contributed by atoms with van der Waals surface area (Å²) in [6.07, 6.45) is 0.946. The first kappa shape index (κ1) is 24.7. The molecule has 0 radical (unpaired) electrons. The molecule has 0 spiro atoms. The Balaban J connectivity index is 1.39. The second-order valence-corrected chi connectivity index (χ2v) is 8.21. The van der Waals surface area contributed by atoms with Gasteiger partial charge in [-0.25, -0.2) is 4.98 Å². The molecule has 0 atom stereocenters. The van der Waals surface area contributed by atoms with Crippen LogP contribution in [0.2, 0.25) is 0 Å². The topological polar surface area (TPSA) is 111 Å². The minimum absolute atomic E-state index is 0.184. The van der Waals surface area contributed by atoms with Gasteiger partial charge in [-0.2, -0.15) is 5.10 Å². The molecule has 4 rings (SSSR count). The van der Waals surface area contributed by atoms with Gasteiger partial charge in [-0.15, -0.1) is 0 Å². The number of aromatic nitrogens is 3. The predicted octanol–water partition coefficient (Wildman–Crippen LogP) is 4.28. The fourth-order valence-electron chi connectivity index (χ4n) is 3.64. The molecule has 9 nitrogen and oxygen atoms in total. The van der Waals surface area contributed by atoms with Gasteiger partial charge in [0.05, 0.1) is 36.5 Å². The zero-order chi connectivity index (χ0) is 25.5. The van der Waals surface area contributed by atoms with E-state index in [1.54, 1.807) is 30.8 Å². The van der Waals surface area contributed by atoms with E-state index in [0.717, 1.165) is 17.9 Å². The first-order valence-corrected chi connectivity index (χ1v) is 11.8. The molecule has 0 saturated heterocycles. The molecule has 0 bridgehead atoms. The number of carbonyl (C=O) groups excluding carboxylic acids is 2. The van der Waals surface area contributed by atoms with E-state index < -0.39 is 0 Å². The van der Waals surface area contributed by atoms with Crippen LogP contribution in [0.1, 0.15) is 41.0 Å². The largest absolute Gasteiger partial charge is 0.493 e. The summed E-state index contributed by atoms with van der Waals surface area (Å²) in [5, 5.41) is 10.1. The average Bonchev–Trinajstić information content (AvgIpc) is 3.45. The Morgan fingerprint density at radius 1 is 1.08 bits per heavy atom. The van der Waals surface area contributed by atoms with Crippen LogP contribution in [0.25, 0.3) is 11.5 Å². The summed E-state index contributed by atoms with van der Waals surface area (Å²) in [4.78, 5) is 29.7. The monoisotopic (exact) mass is 487 g/mol. The molecule has 0 aliphatic carbocycles. The molecule has 36 heavy (non-hydrogen) atoms. The van der Waals surface area contributed by atoms with Gasteiger partial charge in [0, 0.05) is 7.05 Å². The van der Waals surface area contributed by atoms with Gasteiger partial charge in [0.1, 0.15) is 22.9 Å². The second kappa shape index (κ2) is 11.4. The van der Waals surface area contributed by atoms with Crippen LogP contribution < -0.4 is 15.4 Å². The normalized spacial score (nSPS) is 10.8. The van der Waals surface area contributed by atoms with Crippen molar-refractivity contribution in [3.05, 3.63) is 83.5 Å². The van der Waals surface area contributed by atoms with Gasteiger partial charge in [-0.1, -0.05) is 37.3 Å². The standard InChI is InChI=1S/C27H29N5O4/c1-4-19-16-24(32(3)31-19)26(34)28-17-23-18(2)36-27(30-23)21-12-8-9-13-22(21)29-25(33)14-15-35-20-10-6-5-7-11-20/h5-13,16H,4,14-15,17H2,1-3H3,(H,28,34)(H,29,33). The van der Waals surface area contributed by atoms with Crippen molar-refractivity contribution >= 4 is 17.5 Å². The van der Waals surface area contributed by atoms with E-state index in [1.807, 2.05) is 55.5 Å². The number of hydrogen-bond acceptors (Lipinski definition) is 6. The van der Waals surface area contributed by atoms with Crippen molar-refractivity contribution < 1.29 is 18.7 Å². The summed E-state index contributed by atoms with van der Waals surface area (Å²) in [6.45, 7) is 4.24. The van der Waals surface area contributed by atoms with Crippen LogP contribution in [0.3, 0.4) is 0 Å². The lowest BCUT2D eigenvalue weighted by molar-refractivity contribution is -0.116. The molecule has 4 aromatic rings. The van der Waals surface area contributed by atoms with E-state index in [2.05, 4.69) is 20.7 Å². The summed E-state index contributed by atoms with van der Waals surface area (Å²) in [5.74, 6) is 1.24. The number of rotatable bonds is 10. The highest BCUT2D eigenvalue weighted by atomic mass is 16.5. The Bertz CT molecular complexity index is 1340. The highest BCUT2D eigenvalue weighted by Crippen LogP contribution is 2.29. The number of para-hydroxylation sites is 2. The second-order valence-electron chi connectivity index (χ2n) is 8.21. The van der Waals surface area contributed by atoms with Crippen molar-refractivity contribution in [1.82, 2.24) is 20.1 Å². The maximum Gasteiger partial charge on any atom is 0.269 e. The van der Waals surface area contributed by atoms with Crippen molar-refractivity contribution in [1.29, 1.82) is 0 Å². The highest BCUT2D eigenvalue weighted by molar-refractivity contribution is 5.94. The molecule has 2 N–H and O–H groups in total. The Morgan fingerprint density at radius 2 is 1.83 bits per heavy atom. The number of amides is 2. The summed E-state index contributed by atoms with van der Waals surface area (Å²) in [5.41, 5.74) is 3.18. The quantitative estimate of drug-likeness (QED) is 0.345. The fourth-order valence-corrected chi connectivity index (χ4v) is 3.64. The average molecular weight is 488 g/mol. The number of hydrogen-bond donors (Lipinski definition) is 2. The summed E-state index contributed by atoms with van der Waals surface area (Å²) in [6, 6.07) is 18.4. The Hall–Kier alpha value is -4.40. The van der Waals surface area contributed by atoms with Gasteiger partial charge in [0.25, 0.3) is 5.91 Å². The minimum atomic E-state index is -0.237. The van der Waals surface area contributed by atoms with Gasteiger partial charge in [0.2, 0.25) is 11.8 Å². The molecule has 0 aliphatic heterocycles. The number of aryl methyl sites for hydroxylation is 3. The van der Waals surface area contributed by atoms with Gasteiger partial charge in [-0.3, -0.25) is 14.3 Å². The minimum Gasteiger partial charge on any atom is -0.493 e. The molecular formula is C27H29N5O4. The number of nitrogens with one attached hydrogen (secondary N) is 2. The fraction of sp³-hybridized carbons (Fsp3) is 0.259. The van der Waals surface area contributed by atoms with E-state index in [-0.39, 0.29) is 31.4 Å². The van der Waals surface area contributed by atoms with Gasteiger partial charge in [-0.05, 0) is 43.7 Å². The third-order valence-electron chi connectivity index (χ3n) is 5.61. The third-order valence-corrected chi connectivity index (χ3v) is 5.61. The highest BCUT2D eigenvalue weighted by Gasteiger charge is 2.18. The molecule has 186 valence electrons. The molecule has 0 aliphatic rings. The molecule has 9 heteroatoms. The van der Waals surface area contributed by atoms with Crippen molar-refractivity contribution in [3.63, 3.8) is 0 Å². The van der Waals surface area contributed by atoms with E-state index in [1.165, 1.54) is 0 Å². The van der Waals surface area contributed by atoms with E-state index >= 15 is 0 Å². The molecule has 2 aromatic carbocycles. The Kier molecular flexibility index (Phi) is 7.79. The van der Waals surface area contributed by atoms with Crippen molar-refractivity contribution in [3.8, 4) is 17.2 Å². The lowest BCUT2D eigenvalue weighted by Crippen LogP contribution is -2.25. The number of benzene rings is 2. The van der Waals surface area contributed by atoms with Crippen LogP contribution in [0, 0.1) is 6.92 Å². The van der Waals surface area contributed by atoms with E-state index in [4.69, 9.17) is 9.15 Å². The number of carbonyl (C=O) groups is 2. The lowest BCUT2D eigenvalue weighted by atomic mass is 10.1. The van der Waals surface area contributed by atoms with Crippen LogP contribution >= 0.6 is 0 Å². The summed E-state index contributed by atoms with van der Waals surface area (Å²) in [7, 11) is 1.74. The molecule has 0 saturated carbocycles. The van der Waals surface area contributed by atoms with Crippen LogP contribution in [-0.4, -0.2) is 33.2 Å². The molecule has 2 amide bonds. The number of oxazole rings is 1. The summed E-state index contributed by atoms with van der Waals surface area (Å²) < 4.78 is 13.1. The van der Waals surface area contributed by atoms with E-state index in [0.29, 0.717) is 34.3 Å². The number of anilines is 1. The first-order chi connectivity index (χ1) is 17.4. The molecule has 0 fully saturated rings.